The number of carbonyl (C=O) groups is 2. The van der Waals surface area contributed by atoms with Crippen molar-refractivity contribution in [2.75, 3.05) is 19.6 Å². The van der Waals surface area contributed by atoms with Crippen LogP contribution in [0.25, 0.3) is 10.9 Å². The second kappa shape index (κ2) is 11.9. The van der Waals surface area contributed by atoms with E-state index < -0.39 is 5.97 Å². The van der Waals surface area contributed by atoms with Gasteiger partial charge < -0.3 is 20.7 Å². The van der Waals surface area contributed by atoms with Crippen LogP contribution in [0.5, 0.6) is 0 Å². The van der Waals surface area contributed by atoms with E-state index in [0.29, 0.717) is 12.3 Å². The number of hydrogen-bond donors (Lipinski definition) is 4. The van der Waals surface area contributed by atoms with Crippen molar-refractivity contribution >= 4 is 28.6 Å². The summed E-state index contributed by atoms with van der Waals surface area (Å²) in [4.78, 5) is 32.4. The van der Waals surface area contributed by atoms with E-state index in [1.807, 2.05) is 12.1 Å². The van der Waals surface area contributed by atoms with Crippen LogP contribution in [0.2, 0.25) is 0 Å². The molecule has 2 saturated heterocycles. The number of aromatic amines is 1. The van der Waals surface area contributed by atoms with Gasteiger partial charge in [-0.2, -0.15) is 0 Å². The number of amides is 1. The summed E-state index contributed by atoms with van der Waals surface area (Å²) >= 11 is 0. The number of aryl methyl sites for hydroxylation is 2. The first-order chi connectivity index (χ1) is 17.4. The highest BCUT2D eigenvalue weighted by atomic mass is 16.4. The van der Waals surface area contributed by atoms with Gasteiger partial charge in [0, 0.05) is 41.2 Å². The summed E-state index contributed by atoms with van der Waals surface area (Å²) in [5.74, 6) is -0.366. The third-order valence-electron chi connectivity index (χ3n) is 8.03. The highest BCUT2D eigenvalue weighted by Gasteiger charge is 2.37. The first-order valence-electron chi connectivity index (χ1n) is 13.6. The van der Waals surface area contributed by atoms with Gasteiger partial charge in [0.15, 0.2) is 0 Å². The van der Waals surface area contributed by atoms with Crippen molar-refractivity contribution in [3.8, 4) is 0 Å². The molecule has 0 unspecified atom stereocenters. The maximum absolute atomic E-state index is 13.6. The lowest BCUT2D eigenvalue weighted by Crippen LogP contribution is -2.47. The molecule has 2 aromatic rings. The number of nitrogens with two attached hydrogens (primary N) is 1. The maximum atomic E-state index is 13.6. The predicted octanol–water partition coefficient (Wildman–Crippen LogP) is 4.05. The number of amidine groups is 1. The summed E-state index contributed by atoms with van der Waals surface area (Å²) in [7, 11) is 0. The molecule has 8 nitrogen and oxygen atoms in total. The average molecular weight is 496 g/mol. The standard InChI is InChI=1S/C28H41N5O3/c1-2-21-22-13-11-19(27(29)30)18-24(22)31-23(21)14-12-20-8-6-17-33(20)28(36)25-9-7-16-32(25)15-5-3-4-10-26(34)35/h11,13,18,20,25,31H,2-10,12,14-17H2,1H3,(H3,29,30)(H,34,35)/t20-,25+/m0/s1. The van der Waals surface area contributed by atoms with Crippen LogP contribution in [0.1, 0.15) is 81.5 Å². The van der Waals surface area contributed by atoms with Crippen LogP contribution >= 0.6 is 0 Å². The van der Waals surface area contributed by atoms with Crippen molar-refractivity contribution in [3.63, 3.8) is 0 Å². The van der Waals surface area contributed by atoms with Gasteiger partial charge in [0.05, 0.1) is 6.04 Å². The number of benzene rings is 1. The number of carbonyl (C=O) groups excluding carboxylic acids is 1. The molecule has 8 heteroatoms. The number of aliphatic carboxylic acids is 1. The van der Waals surface area contributed by atoms with Crippen molar-refractivity contribution in [1.82, 2.24) is 14.8 Å². The van der Waals surface area contributed by atoms with E-state index >= 15 is 0 Å². The molecule has 1 aromatic heterocycles. The van der Waals surface area contributed by atoms with E-state index in [4.69, 9.17) is 16.2 Å². The number of nitrogen functional groups attached to an aromatic ring is 1. The molecule has 5 N–H and O–H groups in total. The Morgan fingerprint density at radius 3 is 2.72 bits per heavy atom. The van der Waals surface area contributed by atoms with Crippen LogP contribution in [0, 0.1) is 5.41 Å². The Bertz CT molecular complexity index is 1090. The number of rotatable bonds is 12. The third-order valence-corrected chi connectivity index (χ3v) is 8.03. The Labute approximate surface area is 213 Å². The van der Waals surface area contributed by atoms with E-state index in [0.717, 1.165) is 88.5 Å². The van der Waals surface area contributed by atoms with Crippen molar-refractivity contribution in [1.29, 1.82) is 5.41 Å². The number of likely N-dealkylation sites (tertiary alicyclic amines) is 2. The lowest BCUT2D eigenvalue weighted by atomic mass is 10.0. The van der Waals surface area contributed by atoms with Crippen molar-refractivity contribution in [2.24, 2.45) is 5.73 Å². The number of nitrogens with one attached hydrogen (secondary N) is 2. The lowest BCUT2D eigenvalue weighted by molar-refractivity contribution is -0.137. The van der Waals surface area contributed by atoms with Crippen LogP contribution < -0.4 is 5.73 Å². The zero-order valence-corrected chi connectivity index (χ0v) is 21.5. The van der Waals surface area contributed by atoms with Gasteiger partial charge in [-0.3, -0.25) is 19.9 Å². The van der Waals surface area contributed by atoms with E-state index in [1.165, 1.54) is 16.6 Å². The first kappa shape index (κ1) is 26.2. The number of aromatic nitrogens is 1. The van der Waals surface area contributed by atoms with Gasteiger partial charge in [-0.25, -0.2) is 0 Å². The summed E-state index contributed by atoms with van der Waals surface area (Å²) < 4.78 is 0. The molecule has 196 valence electrons. The minimum atomic E-state index is -0.733. The normalized spacial score (nSPS) is 20.4. The fourth-order valence-electron chi connectivity index (χ4n) is 6.17. The van der Waals surface area contributed by atoms with E-state index in [9.17, 15) is 9.59 Å². The topological polar surface area (TPSA) is 127 Å². The molecule has 0 radical (unpaired) electrons. The molecule has 2 atom stereocenters. The first-order valence-corrected chi connectivity index (χ1v) is 13.6. The zero-order chi connectivity index (χ0) is 25.7. The molecule has 0 aliphatic carbocycles. The Balaban J connectivity index is 1.36. The smallest absolute Gasteiger partial charge is 0.303 e. The minimum Gasteiger partial charge on any atom is -0.481 e. The van der Waals surface area contributed by atoms with Gasteiger partial charge >= 0.3 is 5.97 Å². The van der Waals surface area contributed by atoms with Crippen LogP contribution in [-0.4, -0.2) is 69.3 Å². The SMILES string of the molecule is CCc1c(CC[C@@H]2CCCN2C(=O)[C@H]2CCCN2CCCCCC(=O)O)[nH]c2cc(C(=N)N)ccc12. The molecule has 36 heavy (non-hydrogen) atoms. The second-order valence-corrected chi connectivity index (χ2v) is 10.4. The highest BCUT2D eigenvalue weighted by molar-refractivity contribution is 5.99. The quantitative estimate of drug-likeness (QED) is 0.201. The number of carboxylic acid groups (broad SMARTS) is 1. The second-order valence-electron chi connectivity index (χ2n) is 10.4. The van der Waals surface area contributed by atoms with Crippen LogP contribution in [0.15, 0.2) is 18.2 Å². The molecular weight excluding hydrogens is 454 g/mol. The summed E-state index contributed by atoms with van der Waals surface area (Å²) in [5, 5.41) is 17.8. The van der Waals surface area contributed by atoms with Crippen LogP contribution in [0.4, 0.5) is 0 Å². The largest absolute Gasteiger partial charge is 0.481 e. The van der Waals surface area contributed by atoms with Gasteiger partial charge in [0.2, 0.25) is 5.91 Å². The van der Waals surface area contributed by atoms with Gasteiger partial charge in [0.1, 0.15) is 5.84 Å². The summed E-state index contributed by atoms with van der Waals surface area (Å²) in [6, 6.07) is 6.20. The van der Waals surface area contributed by atoms with Gasteiger partial charge in [-0.15, -0.1) is 0 Å². The predicted molar refractivity (Wildman–Crippen MR) is 142 cm³/mol. The van der Waals surface area contributed by atoms with Crippen molar-refractivity contribution in [3.05, 3.63) is 35.0 Å². The molecule has 2 aliphatic rings. The summed E-state index contributed by atoms with van der Waals surface area (Å²) in [6.07, 6.45) is 9.68. The van der Waals surface area contributed by atoms with E-state index in [2.05, 4.69) is 27.8 Å². The highest BCUT2D eigenvalue weighted by Crippen LogP contribution is 2.30. The fraction of sp³-hybridized carbons (Fsp3) is 0.607. The Kier molecular flexibility index (Phi) is 8.67. The summed E-state index contributed by atoms with van der Waals surface area (Å²) in [6.45, 7) is 4.87. The molecule has 0 spiro atoms. The Morgan fingerprint density at radius 1 is 1.17 bits per heavy atom. The molecule has 0 bridgehead atoms. The Morgan fingerprint density at radius 2 is 1.97 bits per heavy atom. The molecule has 2 aliphatic heterocycles. The molecule has 2 fully saturated rings. The molecule has 4 rings (SSSR count). The number of hydrogen-bond acceptors (Lipinski definition) is 4. The number of H-pyrrole nitrogens is 1. The minimum absolute atomic E-state index is 0.0191. The number of fused-ring (bicyclic) bond motifs is 1. The molecular formula is C28H41N5O3. The number of unbranched alkanes of at least 4 members (excludes halogenated alkanes) is 2. The molecule has 3 heterocycles. The maximum Gasteiger partial charge on any atom is 0.303 e. The van der Waals surface area contributed by atoms with E-state index in [-0.39, 0.29) is 24.3 Å². The monoisotopic (exact) mass is 495 g/mol. The molecule has 0 saturated carbocycles. The van der Waals surface area contributed by atoms with Crippen molar-refractivity contribution < 1.29 is 14.7 Å². The number of nitrogens with zero attached hydrogens (tertiary/aromatic N) is 2. The van der Waals surface area contributed by atoms with Crippen LogP contribution in [-0.2, 0) is 22.4 Å². The molecule has 1 aromatic carbocycles. The van der Waals surface area contributed by atoms with Crippen LogP contribution in [0.3, 0.4) is 0 Å². The zero-order valence-electron chi connectivity index (χ0n) is 21.5. The Hall–Kier alpha value is -2.87. The fourth-order valence-corrected chi connectivity index (χ4v) is 6.17. The summed E-state index contributed by atoms with van der Waals surface area (Å²) in [5.41, 5.74) is 10.00. The van der Waals surface area contributed by atoms with Gasteiger partial charge in [-0.05, 0) is 82.5 Å². The molecule has 1 amide bonds. The third kappa shape index (κ3) is 5.91. The van der Waals surface area contributed by atoms with Gasteiger partial charge in [0.25, 0.3) is 0 Å². The number of carboxylic acids is 1. The lowest BCUT2D eigenvalue weighted by Gasteiger charge is -2.31. The van der Waals surface area contributed by atoms with Gasteiger partial charge in [-0.1, -0.05) is 25.5 Å². The van der Waals surface area contributed by atoms with Crippen molar-refractivity contribution in [2.45, 2.75) is 89.6 Å². The average Bonchev–Trinajstić information content (AvgIpc) is 3.59. The van der Waals surface area contributed by atoms with E-state index in [1.54, 1.807) is 0 Å².